The number of nitrogens with zero attached hydrogens (tertiary/aromatic N) is 2. The van der Waals surface area contributed by atoms with E-state index in [-0.39, 0.29) is 0 Å². The van der Waals surface area contributed by atoms with Crippen LogP contribution in [0, 0.1) is 11.3 Å². The van der Waals surface area contributed by atoms with E-state index in [4.69, 9.17) is 4.74 Å². The number of rotatable bonds is 8. The van der Waals surface area contributed by atoms with E-state index in [1.54, 1.807) is 0 Å². The maximum Gasteiger partial charge on any atom is 0.159 e. The number of anilines is 2. The van der Waals surface area contributed by atoms with Gasteiger partial charge in [0.05, 0.1) is 23.9 Å². The standard InChI is InChI=1S/C39H30N2OP2/c40-28-15-29-41-34-24-13-26-36(43(30-16-5-1-6-17-30)31-18-7-2-8-19-31)38(34)42-39-35(41)25-14-27-37(39)44(32-20-9-3-10-21-32)33-22-11-4-12-23-33/h1-14,16-27H,15,29H2. The molecule has 0 saturated carbocycles. The van der Waals surface area contributed by atoms with Crippen LogP contribution in [0.2, 0.25) is 0 Å². The molecule has 7 rings (SSSR count). The maximum atomic E-state index is 9.67. The van der Waals surface area contributed by atoms with Crippen molar-refractivity contribution in [2.75, 3.05) is 11.4 Å². The van der Waals surface area contributed by atoms with E-state index in [9.17, 15) is 5.26 Å². The van der Waals surface area contributed by atoms with Gasteiger partial charge in [0.2, 0.25) is 0 Å². The molecule has 0 atom stereocenters. The molecule has 0 spiro atoms. The molecule has 6 aromatic rings. The molecule has 0 amide bonds. The lowest BCUT2D eigenvalue weighted by molar-refractivity contribution is 0.481. The third-order valence-electron chi connectivity index (χ3n) is 7.72. The van der Waals surface area contributed by atoms with Gasteiger partial charge in [-0.3, -0.25) is 0 Å². The van der Waals surface area contributed by atoms with Crippen LogP contribution in [0.25, 0.3) is 0 Å². The van der Waals surface area contributed by atoms with Gasteiger partial charge in [0.15, 0.2) is 11.5 Å². The Morgan fingerprint density at radius 1 is 0.477 bits per heavy atom. The van der Waals surface area contributed by atoms with Crippen LogP contribution in [0.3, 0.4) is 0 Å². The lowest BCUT2D eigenvalue weighted by Gasteiger charge is -2.36. The Balaban J connectivity index is 1.45. The molecule has 1 aliphatic rings. The second-order valence-corrected chi connectivity index (χ2v) is 14.8. The third-order valence-corrected chi connectivity index (χ3v) is 12.6. The van der Waals surface area contributed by atoms with Crippen LogP contribution >= 0.6 is 15.8 Å². The number of ether oxygens (including phenoxy) is 1. The lowest BCUT2D eigenvalue weighted by atomic mass is 10.1. The van der Waals surface area contributed by atoms with Crippen LogP contribution < -0.4 is 41.5 Å². The third kappa shape index (κ3) is 5.40. The Labute approximate surface area is 261 Å². The molecule has 0 radical (unpaired) electrons. The zero-order chi connectivity index (χ0) is 29.7. The van der Waals surface area contributed by atoms with E-state index in [2.05, 4.69) is 169 Å². The molecule has 212 valence electrons. The van der Waals surface area contributed by atoms with Crippen LogP contribution in [-0.4, -0.2) is 6.54 Å². The predicted molar refractivity (Wildman–Crippen MR) is 188 cm³/mol. The predicted octanol–water partition coefficient (Wildman–Crippen LogP) is 7.36. The Morgan fingerprint density at radius 3 is 1.18 bits per heavy atom. The van der Waals surface area contributed by atoms with Crippen molar-refractivity contribution in [1.82, 2.24) is 0 Å². The summed E-state index contributed by atoms with van der Waals surface area (Å²) in [6, 6.07) is 58.3. The van der Waals surface area contributed by atoms with E-state index in [0.717, 1.165) is 22.9 Å². The normalized spacial score (nSPS) is 11.9. The highest BCUT2D eigenvalue weighted by Crippen LogP contribution is 2.51. The summed E-state index contributed by atoms with van der Waals surface area (Å²) in [5, 5.41) is 17.1. The van der Waals surface area contributed by atoms with Gasteiger partial charge in [-0.1, -0.05) is 133 Å². The number of hydrogen-bond acceptors (Lipinski definition) is 3. The first kappa shape index (κ1) is 28.1. The highest BCUT2D eigenvalue weighted by Gasteiger charge is 2.33. The molecular formula is C39H30N2OP2. The van der Waals surface area contributed by atoms with Gasteiger partial charge >= 0.3 is 0 Å². The largest absolute Gasteiger partial charge is 0.452 e. The van der Waals surface area contributed by atoms with Crippen LogP contribution in [-0.2, 0) is 0 Å². The molecule has 6 aromatic carbocycles. The molecule has 3 nitrogen and oxygen atoms in total. The minimum Gasteiger partial charge on any atom is -0.452 e. The van der Waals surface area contributed by atoms with Crippen molar-refractivity contribution in [2.45, 2.75) is 6.42 Å². The molecular weight excluding hydrogens is 574 g/mol. The zero-order valence-electron chi connectivity index (χ0n) is 24.1. The molecule has 0 unspecified atom stereocenters. The SMILES string of the molecule is N#CCCN1c2cccc(P(c3ccccc3)c3ccccc3)c2Oc2c1cccc2P(c1ccccc1)c1ccccc1. The van der Waals surface area contributed by atoms with E-state index in [1.807, 2.05) is 0 Å². The second kappa shape index (κ2) is 12.9. The number of nitriles is 1. The molecule has 5 heteroatoms. The van der Waals surface area contributed by atoms with Gasteiger partial charge < -0.3 is 9.64 Å². The van der Waals surface area contributed by atoms with Crippen molar-refractivity contribution in [2.24, 2.45) is 0 Å². The number of benzene rings is 6. The summed E-state index contributed by atoms with van der Waals surface area (Å²) < 4.78 is 7.21. The van der Waals surface area contributed by atoms with Crippen molar-refractivity contribution in [3.8, 4) is 17.6 Å². The highest BCUT2D eigenvalue weighted by atomic mass is 31.1. The topological polar surface area (TPSA) is 36.3 Å². The van der Waals surface area contributed by atoms with Gasteiger partial charge in [0.1, 0.15) is 0 Å². The molecule has 0 N–H and O–H groups in total. The summed E-state index contributed by atoms with van der Waals surface area (Å²) in [4.78, 5) is 2.29. The quantitative estimate of drug-likeness (QED) is 0.170. The first-order chi connectivity index (χ1) is 21.8. The van der Waals surface area contributed by atoms with E-state index >= 15 is 0 Å². The first-order valence-corrected chi connectivity index (χ1v) is 17.4. The van der Waals surface area contributed by atoms with Crippen molar-refractivity contribution in [3.05, 3.63) is 158 Å². The lowest BCUT2D eigenvalue weighted by Crippen LogP contribution is -2.30. The first-order valence-electron chi connectivity index (χ1n) is 14.7. The molecule has 0 fully saturated rings. The Morgan fingerprint density at radius 2 is 0.841 bits per heavy atom. The van der Waals surface area contributed by atoms with Crippen LogP contribution in [0.4, 0.5) is 11.4 Å². The van der Waals surface area contributed by atoms with Gasteiger partial charge in [-0.05, 0) is 61.3 Å². The highest BCUT2D eigenvalue weighted by molar-refractivity contribution is 7.80. The van der Waals surface area contributed by atoms with Crippen molar-refractivity contribution in [1.29, 1.82) is 5.26 Å². The summed E-state index contributed by atoms with van der Waals surface area (Å²) in [7, 11) is -1.81. The molecule has 1 aliphatic heterocycles. The second-order valence-electron chi connectivity index (χ2n) is 10.4. The number of fused-ring (bicyclic) bond motifs is 2. The number of para-hydroxylation sites is 2. The fraction of sp³-hybridized carbons (Fsp3) is 0.0513. The summed E-state index contributed by atoms with van der Waals surface area (Å²) in [6.07, 6.45) is 0.408. The van der Waals surface area contributed by atoms with Gasteiger partial charge in [-0.2, -0.15) is 5.26 Å². The van der Waals surface area contributed by atoms with E-state index < -0.39 is 15.8 Å². The zero-order valence-corrected chi connectivity index (χ0v) is 25.9. The summed E-state index contributed by atoms with van der Waals surface area (Å²) in [5.74, 6) is 1.75. The summed E-state index contributed by atoms with van der Waals surface area (Å²) in [6.45, 7) is 0.579. The minimum absolute atomic E-state index is 0.408. The van der Waals surface area contributed by atoms with Gasteiger partial charge in [0.25, 0.3) is 0 Å². The minimum atomic E-state index is -0.906. The Hall–Kier alpha value is -4.73. The van der Waals surface area contributed by atoms with Crippen molar-refractivity contribution < 1.29 is 4.74 Å². The molecule has 44 heavy (non-hydrogen) atoms. The van der Waals surface area contributed by atoms with E-state index in [0.29, 0.717) is 13.0 Å². The Kier molecular flexibility index (Phi) is 8.21. The monoisotopic (exact) mass is 604 g/mol. The van der Waals surface area contributed by atoms with Gasteiger partial charge in [0, 0.05) is 17.2 Å². The molecule has 0 saturated heterocycles. The van der Waals surface area contributed by atoms with Crippen LogP contribution in [0.1, 0.15) is 6.42 Å². The van der Waals surface area contributed by atoms with Crippen molar-refractivity contribution in [3.63, 3.8) is 0 Å². The average molecular weight is 605 g/mol. The average Bonchev–Trinajstić information content (AvgIpc) is 3.09. The van der Waals surface area contributed by atoms with Gasteiger partial charge in [-0.15, -0.1) is 0 Å². The fourth-order valence-corrected chi connectivity index (χ4v) is 10.6. The summed E-state index contributed by atoms with van der Waals surface area (Å²) in [5.41, 5.74) is 2.01. The molecule has 0 aromatic heterocycles. The van der Waals surface area contributed by atoms with Crippen LogP contribution in [0.5, 0.6) is 11.5 Å². The smallest absolute Gasteiger partial charge is 0.159 e. The fourth-order valence-electron chi connectivity index (χ4n) is 5.81. The van der Waals surface area contributed by atoms with Crippen molar-refractivity contribution >= 4 is 59.0 Å². The molecule has 0 aliphatic carbocycles. The van der Waals surface area contributed by atoms with Crippen LogP contribution in [0.15, 0.2) is 158 Å². The molecule has 1 heterocycles. The number of hydrogen-bond donors (Lipinski definition) is 0. The Bertz CT molecular complexity index is 1700. The maximum absolute atomic E-state index is 9.67. The molecule has 0 bridgehead atoms. The van der Waals surface area contributed by atoms with Gasteiger partial charge in [-0.25, -0.2) is 0 Å². The van der Waals surface area contributed by atoms with E-state index in [1.165, 1.54) is 31.8 Å². The summed E-state index contributed by atoms with van der Waals surface area (Å²) >= 11 is 0.